The van der Waals surface area contributed by atoms with E-state index in [-0.39, 0.29) is 17.5 Å². The van der Waals surface area contributed by atoms with Crippen molar-refractivity contribution in [3.63, 3.8) is 0 Å². The van der Waals surface area contributed by atoms with Gasteiger partial charge < -0.3 is 10.2 Å². The molecule has 0 bridgehead atoms. The summed E-state index contributed by atoms with van der Waals surface area (Å²) in [4.78, 5) is 45.6. The molecule has 1 fully saturated rings. The van der Waals surface area contributed by atoms with Gasteiger partial charge in [0.1, 0.15) is 11.5 Å². The van der Waals surface area contributed by atoms with Crippen molar-refractivity contribution < 1.29 is 14.4 Å². The van der Waals surface area contributed by atoms with Crippen LogP contribution in [0.15, 0.2) is 72.8 Å². The van der Waals surface area contributed by atoms with Crippen LogP contribution in [-0.4, -0.2) is 29.6 Å². The first-order chi connectivity index (χ1) is 18.5. The third-order valence-electron chi connectivity index (χ3n) is 8.55. The smallest absolute Gasteiger partial charge is 0.238 e. The average molecular weight is 539 g/mol. The van der Waals surface area contributed by atoms with E-state index in [0.717, 1.165) is 28.0 Å². The van der Waals surface area contributed by atoms with Crippen molar-refractivity contribution in [3.8, 4) is 0 Å². The van der Waals surface area contributed by atoms with Crippen LogP contribution < -0.4 is 10.2 Å². The molecule has 3 aromatic carbocycles. The maximum atomic E-state index is 14.7. The number of fused-ring (bicyclic) bond motifs is 6. The second-order valence-electron chi connectivity index (χ2n) is 12.0. The highest BCUT2D eigenvalue weighted by Gasteiger charge is 2.71. The van der Waals surface area contributed by atoms with Crippen molar-refractivity contribution >= 4 is 46.0 Å². The minimum Gasteiger partial charge on any atom is -0.352 e. The lowest BCUT2D eigenvalue weighted by atomic mass is 9.63. The topological polar surface area (TPSA) is 66.5 Å². The number of nitrogens with zero attached hydrogens (tertiary/aromatic N) is 1. The van der Waals surface area contributed by atoms with Gasteiger partial charge in [0.2, 0.25) is 5.91 Å². The molecule has 3 aliphatic heterocycles. The van der Waals surface area contributed by atoms with Gasteiger partial charge >= 0.3 is 0 Å². The maximum Gasteiger partial charge on any atom is 0.238 e. The molecule has 198 valence electrons. The van der Waals surface area contributed by atoms with Crippen LogP contribution >= 0.6 is 11.6 Å². The van der Waals surface area contributed by atoms with E-state index in [0.29, 0.717) is 16.3 Å². The van der Waals surface area contributed by atoms with E-state index in [1.807, 2.05) is 71.0 Å². The number of ketones is 2. The molecule has 0 radical (unpaired) electrons. The number of hydrogen-bond acceptors (Lipinski definition) is 4. The number of anilines is 2. The van der Waals surface area contributed by atoms with E-state index in [2.05, 4.69) is 22.4 Å². The number of benzene rings is 3. The molecule has 1 amide bonds. The highest BCUT2D eigenvalue weighted by Crippen LogP contribution is 2.59. The van der Waals surface area contributed by atoms with Crippen molar-refractivity contribution in [2.24, 2.45) is 11.3 Å². The first-order valence-corrected chi connectivity index (χ1v) is 13.7. The minimum absolute atomic E-state index is 0.0756. The van der Waals surface area contributed by atoms with Crippen LogP contribution in [0.5, 0.6) is 0 Å². The molecule has 3 aliphatic rings. The number of rotatable bonds is 3. The van der Waals surface area contributed by atoms with Crippen LogP contribution in [0.4, 0.5) is 11.4 Å². The molecule has 0 aromatic heterocycles. The lowest BCUT2D eigenvalue weighted by Crippen LogP contribution is -2.51. The highest BCUT2D eigenvalue weighted by molar-refractivity contribution is 6.30. The molecule has 1 N–H and O–H groups in total. The van der Waals surface area contributed by atoms with Crippen LogP contribution in [0.25, 0.3) is 5.57 Å². The van der Waals surface area contributed by atoms with Gasteiger partial charge in [-0.05, 0) is 67.4 Å². The summed E-state index contributed by atoms with van der Waals surface area (Å²) in [6, 6.07) is 19.0. The number of carbonyl (C=O) groups is 3. The van der Waals surface area contributed by atoms with E-state index in [9.17, 15) is 14.4 Å². The van der Waals surface area contributed by atoms with Gasteiger partial charge in [-0.25, -0.2) is 0 Å². The molecule has 1 saturated heterocycles. The SMILES string of the molecule is CC1=C[C@@H]2N(c3ccc(C)cc31)[C@H](C(=O)C(C)(C)C)[C@H](C(=O)c1ccc(Cl)cc1)[C@]21C(=O)Nc2ccccc21. The number of aryl methyl sites for hydroxylation is 1. The van der Waals surface area contributed by atoms with Crippen LogP contribution in [0.2, 0.25) is 5.02 Å². The van der Waals surface area contributed by atoms with Gasteiger partial charge in [0.15, 0.2) is 11.6 Å². The molecule has 4 atom stereocenters. The third-order valence-corrected chi connectivity index (χ3v) is 8.80. The second-order valence-corrected chi connectivity index (χ2v) is 12.4. The van der Waals surface area contributed by atoms with Crippen LogP contribution in [0.3, 0.4) is 0 Å². The normalized spacial score (nSPS) is 25.1. The predicted molar refractivity (Wildman–Crippen MR) is 155 cm³/mol. The number of para-hydroxylation sites is 1. The van der Waals surface area contributed by atoms with Crippen molar-refractivity contribution in [3.05, 3.63) is 100 Å². The molecular formula is C33H31ClN2O3. The first kappa shape index (κ1) is 25.6. The Bertz CT molecular complexity index is 1580. The Kier molecular flexibility index (Phi) is 5.67. The molecule has 6 heteroatoms. The molecule has 5 nitrogen and oxygen atoms in total. The van der Waals surface area contributed by atoms with Gasteiger partial charge in [0.25, 0.3) is 0 Å². The molecule has 0 unspecified atom stereocenters. The zero-order valence-electron chi connectivity index (χ0n) is 22.7. The average Bonchev–Trinajstić information content (AvgIpc) is 3.35. The number of carbonyl (C=O) groups excluding carboxylic acids is 3. The molecule has 6 rings (SSSR count). The summed E-state index contributed by atoms with van der Waals surface area (Å²) >= 11 is 6.16. The molecule has 0 aliphatic carbocycles. The van der Waals surface area contributed by atoms with E-state index >= 15 is 0 Å². The molecule has 0 saturated carbocycles. The maximum absolute atomic E-state index is 14.7. The number of allylic oxidation sites excluding steroid dienone is 1. The van der Waals surface area contributed by atoms with Gasteiger partial charge in [-0.1, -0.05) is 68.3 Å². The molecule has 3 aromatic rings. The first-order valence-electron chi connectivity index (χ1n) is 13.3. The summed E-state index contributed by atoms with van der Waals surface area (Å²) in [6.07, 6.45) is 2.08. The van der Waals surface area contributed by atoms with Gasteiger partial charge in [-0.2, -0.15) is 0 Å². The summed E-state index contributed by atoms with van der Waals surface area (Å²) in [5, 5.41) is 3.59. The van der Waals surface area contributed by atoms with E-state index in [4.69, 9.17) is 11.6 Å². The van der Waals surface area contributed by atoms with Crippen molar-refractivity contribution in [2.45, 2.75) is 52.1 Å². The Morgan fingerprint density at radius 2 is 1.67 bits per heavy atom. The summed E-state index contributed by atoms with van der Waals surface area (Å²) < 4.78 is 0. The number of amides is 1. The van der Waals surface area contributed by atoms with Crippen molar-refractivity contribution in [2.75, 3.05) is 10.2 Å². The Hall–Kier alpha value is -3.70. The number of Topliss-reactive ketones (excluding diaryl/α,β-unsaturated/α-hetero) is 2. The summed E-state index contributed by atoms with van der Waals surface area (Å²) in [5.74, 6) is -1.53. The standard InChI is InChI=1S/C33H31ClN2O3/c1-18-10-15-25-22(16-18)19(2)17-26-33(23-8-6-7-9-24(23)35-31(33)39)27(28(36(25)26)30(38)32(3,4)5)29(37)20-11-13-21(34)14-12-20/h6-17,26-28H,1-5H3,(H,35,39)/t26-,27+,28-,33+/m0/s1. The van der Waals surface area contributed by atoms with Crippen molar-refractivity contribution in [1.29, 1.82) is 0 Å². The molecule has 1 spiro atoms. The van der Waals surface area contributed by atoms with Gasteiger partial charge in [-0.15, -0.1) is 0 Å². The van der Waals surface area contributed by atoms with E-state index in [1.165, 1.54) is 0 Å². The predicted octanol–water partition coefficient (Wildman–Crippen LogP) is 6.63. The quantitative estimate of drug-likeness (QED) is 0.380. The summed E-state index contributed by atoms with van der Waals surface area (Å²) in [5.41, 5.74) is 3.81. The van der Waals surface area contributed by atoms with Crippen LogP contribution in [0.1, 0.15) is 54.7 Å². The molecule has 3 heterocycles. The van der Waals surface area contributed by atoms with Crippen LogP contribution in [0, 0.1) is 18.3 Å². The highest BCUT2D eigenvalue weighted by atomic mass is 35.5. The number of nitrogens with one attached hydrogen (secondary N) is 1. The lowest BCUT2D eigenvalue weighted by molar-refractivity contribution is -0.128. The van der Waals surface area contributed by atoms with Gasteiger partial charge in [-0.3, -0.25) is 14.4 Å². The van der Waals surface area contributed by atoms with Gasteiger partial charge in [0, 0.05) is 32.9 Å². The van der Waals surface area contributed by atoms with E-state index in [1.54, 1.807) is 24.3 Å². The van der Waals surface area contributed by atoms with Crippen molar-refractivity contribution in [1.82, 2.24) is 0 Å². The third kappa shape index (κ3) is 3.56. The lowest BCUT2D eigenvalue weighted by Gasteiger charge is -2.40. The van der Waals surface area contributed by atoms with Crippen LogP contribution in [-0.2, 0) is 15.0 Å². The summed E-state index contributed by atoms with van der Waals surface area (Å²) in [7, 11) is 0. The zero-order chi connectivity index (χ0) is 27.9. The Morgan fingerprint density at radius 3 is 2.36 bits per heavy atom. The largest absolute Gasteiger partial charge is 0.352 e. The Balaban J connectivity index is 1.70. The van der Waals surface area contributed by atoms with E-state index < -0.39 is 28.8 Å². The minimum atomic E-state index is -1.30. The molecule has 39 heavy (non-hydrogen) atoms. The summed E-state index contributed by atoms with van der Waals surface area (Å²) in [6.45, 7) is 9.71. The molecular weight excluding hydrogens is 508 g/mol. The second kappa shape index (κ2) is 8.65. The fraction of sp³-hybridized carbons (Fsp3) is 0.303. The monoisotopic (exact) mass is 538 g/mol. The number of halogens is 1. The van der Waals surface area contributed by atoms with Gasteiger partial charge in [0.05, 0.1) is 12.0 Å². The number of hydrogen-bond donors (Lipinski definition) is 1. The zero-order valence-corrected chi connectivity index (χ0v) is 23.5. The Labute approximate surface area is 233 Å². The fourth-order valence-electron chi connectivity index (χ4n) is 6.78. The fourth-order valence-corrected chi connectivity index (χ4v) is 6.91. The Morgan fingerprint density at radius 1 is 0.974 bits per heavy atom.